The molecule has 572 valence electrons. The van der Waals surface area contributed by atoms with Crippen molar-refractivity contribution in [2.75, 3.05) is 19.8 Å². The van der Waals surface area contributed by atoms with Gasteiger partial charge in [-0.15, -0.1) is 0 Å². The largest absolute Gasteiger partial charge is 0.394 e. The van der Waals surface area contributed by atoms with E-state index in [-0.39, 0.29) is 18.9 Å². The van der Waals surface area contributed by atoms with Crippen LogP contribution in [0.4, 0.5) is 0 Å². The Kier molecular flexibility index (Phi) is 63.1. The summed E-state index contributed by atoms with van der Waals surface area (Å²) in [6.07, 6.45) is 77.0. The molecule has 0 aromatic rings. The number of hydrogen-bond acceptors (Lipinski definition) is 13. The van der Waals surface area contributed by atoms with Crippen LogP contribution in [0.15, 0.2) is 72.9 Å². The lowest BCUT2D eigenvalue weighted by atomic mass is 9.97. The minimum atomic E-state index is -1.79. The molecule has 2 heterocycles. The van der Waals surface area contributed by atoms with Gasteiger partial charge in [-0.1, -0.05) is 363 Å². The molecule has 0 aromatic heterocycles. The molecule has 2 fully saturated rings. The number of allylic oxidation sites excluding steroid dienone is 11. The second kappa shape index (κ2) is 67.6. The van der Waals surface area contributed by atoms with Crippen molar-refractivity contribution in [3.8, 4) is 0 Å². The molecule has 0 bridgehead atoms. The average Bonchev–Trinajstić information content (AvgIpc) is 0.793. The van der Waals surface area contributed by atoms with Crippen LogP contribution in [0.3, 0.4) is 0 Å². The van der Waals surface area contributed by atoms with E-state index in [9.17, 15) is 45.6 Å². The molecule has 2 aliphatic heterocycles. The third kappa shape index (κ3) is 49.9. The van der Waals surface area contributed by atoms with E-state index < -0.39 is 86.8 Å². The first-order valence-electron chi connectivity index (χ1n) is 41.2. The molecule has 98 heavy (non-hydrogen) atoms. The Bertz CT molecular complexity index is 1920. The fourth-order valence-electron chi connectivity index (χ4n) is 13.4. The zero-order valence-electron chi connectivity index (χ0n) is 62.8. The number of aliphatic hydroxyl groups is 8. The number of aliphatic hydroxyl groups excluding tert-OH is 8. The number of unbranched alkanes of at least 4 members (excludes halogenated alkanes) is 46. The molecule has 9 N–H and O–H groups in total. The standard InChI is InChI=1S/C84H153NO13/c1-3-5-7-9-11-13-15-17-19-21-23-25-27-29-30-31-32-33-34-35-36-37-38-39-40-41-42-44-46-48-50-52-54-56-58-60-62-64-66-68-76(89)85-72(71-95-83-81(94)79(92)82(75(70-87)97-83)98-84-80(93)78(91)77(90)74(69-86)96-84)73(88)67-65-63-61-59-57-55-53-51-49-47-45-43-28-26-24-22-20-18-16-14-12-10-8-6-4-2/h5,7,11,13,17,19,23,25,29-30,65,67,72-75,77-84,86-88,90-94H,3-4,6,8-10,12,14-16,18,20-22,24,26-28,31-64,66,68-71H2,1-2H3,(H,85,89)/b7-5-,13-11-,19-17-,25-23-,30-29-,67-65+. The van der Waals surface area contributed by atoms with E-state index in [0.717, 1.165) is 70.6 Å². The molecule has 12 unspecified atom stereocenters. The van der Waals surface area contributed by atoms with Crippen LogP contribution in [0.5, 0.6) is 0 Å². The van der Waals surface area contributed by atoms with E-state index >= 15 is 0 Å². The number of carbonyl (C=O) groups is 1. The lowest BCUT2D eigenvalue weighted by Gasteiger charge is -2.46. The molecule has 2 rings (SSSR count). The van der Waals surface area contributed by atoms with Gasteiger partial charge >= 0.3 is 0 Å². The molecule has 0 radical (unpaired) electrons. The first-order chi connectivity index (χ1) is 48.1. The summed E-state index contributed by atoms with van der Waals surface area (Å²) in [6.45, 7) is 2.74. The van der Waals surface area contributed by atoms with Crippen LogP contribution in [0.25, 0.3) is 0 Å². The van der Waals surface area contributed by atoms with Gasteiger partial charge in [-0.05, 0) is 64.2 Å². The highest BCUT2D eigenvalue weighted by molar-refractivity contribution is 5.76. The van der Waals surface area contributed by atoms with Gasteiger partial charge in [-0.3, -0.25) is 4.79 Å². The lowest BCUT2D eigenvalue weighted by Crippen LogP contribution is -2.65. The maximum absolute atomic E-state index is 13.4. The first-order valence-corrected chi connectivity index (χ1v) is 41.2. The third-order valence-electron chi connectivity index (χ3n) is 19.9. The molecule has 14 heteroatoms. The van der Waals surface area contributed by atoms with Crippen LogP contribution >= 0.6 is 0 Å². The van der Waals surface area contributed by atoms with Gasteiger partial charge in [0, 0.05) is 6.42 Å². The average molecular weight is 1390 g/mol. The van der Waals surface area contributed by atoms with Gasteiger partial charge < -0.3 is 65.1 Å². The molecule has 0 aromatic carbocycles. The summed E-state index contributed by atoms with van der Waals surface area (Å²) in [5.41, 5.74) is 0. The normalized spacial score (nSPS) is 22.4. The maximum Gasteiger partial charge on any atom is 0.220 e. The van der Waals surface area contributed by atoms with Crippen molar-refractivity contribution >= 4 is 5.91 Å². The smallest absolute Gasteiger partial charge is 0.220 e. The Hall–Kier alpha value is -2.57. The maximum atomic E-state index is 13.4. The van der Waals surface area contributed by atoms with Crippen molar-refractivity contribution in [1.82, 2.24) is 5.32 Å². The van der Waals surface area contributed by atoms with Gasteiger partial charge in [0.1, 0.15) is 48.8 Å². The Morgan fingerprint density at radius 1 is 0.378 bits per heavy atom. The number of rotatable bonds is 69. The quantitative estimate of drug-likeness (QED) is 0.0204. The van der Waals surface area contributed by atoms with Crippen LogP contribution in [0.1, 0.15) is 361 Å². The van der Waals surface area contributed by atoms with E-state index in [2.05, 4.69) is 79.9 Å². The van der Waals surface area contributed by atoms with E-state index in [0.29, 0.717) is 6.42 Å². The van der Waals surface area contributed by atoms with Gasteiger partial charge in [0.15, 0.2) is 12.6 Å². The lowest BCUT2D eigenvalue weighted by molar-refractivity contribution is -0.359. The SMILES string of the molecule is CC/C=C\C/C=C\C/C=C\C/C=C\C/C=C\CCCCCCCCCCCCCCCCCCCCCCCCCC(=O)NC(COC1OC(CO)C(OC2OC(CO)C(O)C(O)C2O)C(O)C1O)C(O)/C=C/CCCCCCCCCCCCCCCCCCCCCCCCC. The second-order valence-electron chi connectivity index (χ2n) is 28.9. The van der Waals surface area contributed by atoms with Crippen molar-refractivity contribution < 1.29 is 64.6 Å². The summed E-state index contributed by atoms with van der Waals surface area (Å²) in [7, 11) is 0. The minimum absolute atomic E-state index is 0.233. The number of carbonyl (C=O) groups excluding carboxylic acids is 1. The number of ether oxygens (including phenoxy) is 4. The first kappa shape index (κ1) is 91.5. The molecular weight excluding hydrogens is 1230 g/mol. The predicted octanol–water partition coefficient (Wildman–Crippen LogP) is 18.9. The summed E-state index contributed by atoms with van der Waals surface area (Å²) >= 11 is 0. The van der Waals surface area contributed by atoms with Crippen molar-refractivity contribution in [3.05, 3.63) is 72.9 Å². The Labute approximate surface area is 599 Å². The van der Waals surface area contributed by atoms with E-state index in [1.165, 1.54) is 263 Å². The molecule has 0 saturated carbocycles. The van der Waals surface area contributed by atoms with E-state index in [1.807, 2.05) is 6.08 Å². The molecule has 2 aliphatic rings. The summed E-state index contributed by atoms with van der Waals surface area (Å²) in [5, 5.41) is 87.7. The Morgan fingerprint density at radius 2 is 0.704 bits per heavy atom. The number of nitrogens with one attached hydrogen (secondary N) is 1. The van der Waals surface area contributed by atoms with Crippen LogP contribution < -0.4 is 5.32 Å². The zero-order valence-corrected chi connectivity index (χ0v) is 62.8. The highest BCUT2D eigenvalue weighted by atomic mass is 16.7. The van der Waals surface area contributed by atoms with Crippen LogP contribution in [-0.2, 0) is 23.7 Å². The Balaban J connectivity index is 1.58. The van der Waals surface area contributed by atoms with E-state index in [4.69, 9.17) is 18.9 Å². The molecule has 0 spiro atoms. The Morgan fingerprint density at radius 3 is 1.08 bits per heavy atom. The second-order valence-corrected chi connectivity index (χ2v) is 28.9. The molecule has 12 atom stereocenters. The van der Waals surface area contributed by atoms with Gasteiger partial charge in [-0.2, -0.15) is 0 Å². The minimum Gasteiger partial charge on any atom is -0.394 e. The van der Waals surface area contributed by atoms with Gasteiger partial charge in [0.2, 0.25) is 5.91 Å². The third-order valence-corrected chi connectivity index (χ3v) is 19.9. The predicted molar refractivity (Wildman–Crippen MR) is 406 cm³/mol. The summed E-state index contributed by atoms with van der Waals surface area (Å²) in [4.78, 5) is 13.4. The van der Waals surface area contributed by atoms with Crippen molar-refractivity contribution in [2.24, 2.45) is 0 Å². The monoisotopic (exact) mass is 1380 g/mol. The summed E-state index contributed by atoms with van der Waals surface area (Å²) < 4.78 is 22.9. The van der Waals surface area contributed by atoms with Gasteiger partial charge in [0.05, 0.1) is 32.0 Å². The summed E-state index contributed by atoms with van der Waals surface area (Å²) in [5.74, 6) is -0.233. The highest BCUT2D eigenvalue weighted by Gasteiger charge is 2.51. The summed E-state index contributed by atoms with van der Waals surface area (Å²) in [6, 6.07) is -0.917. The van der Waals surface area contributed by atoms with Crippen LogP contribution in [-0.4, -0.2) is 140 Å². The van der Waals surface area contributed by atoms with Crippen LogP contribution in [0, 0.1) is 0 Å². The van der Waals surface area contributed by atoms with Crippen LogP contribution in [0.2, 0.25) is 0 Å². The van der Waals surface area contributed by atoms with E-state index in [1.54, 1.807) is 6.08 Å². The highest BCUT2D eigenvalue weighted by Crippen LogP contribution is 2.30. The van der Waals surface area contributed by atoms with Gasteiger partial charge in [-0.25, -0.2) is 0 Å². The van der Waals surface area contributed by atoms with Crippen molar-refractivity contribution in [2.45, 2.75) is 434 Å². The fourth-order valence-corrected chi connectivity index (χ4v) is 13.4. The molecule has 14 nitrogen and oxygen atoms in total. The molecule has 2 saturated heterocycles. The molecule has 1 amide bonds. The van der Waals surface area contributed by atoms with Crippen molar-refractivity contribution in [1.29, 1.82) is 0 Å². The number of amides is 1. The van der Waals surface area contributed by atoms with Crippen molar-refractivity contribution in [3.63, 3.8) is 0 Å². The topological polar surface area (TPSA) is 228 Å². The molecule has 0 aliphatic carbocycles. The fraction of sp³-hybridized carbons (Fsp3) is 0.845. The zero-order chi connectivity index (χ0) is 70.8. The number of hydrogen-bond donors (Lipinski definition) is 9. The van der Waals surface area contributed by atoms with Gasteiger partial charge in [0.25, 0.3) is 0 Å². The molecular formula is C84H153NO13.